The Labute approximate surface area is 163 Å². The largest absolute Gasteiger partial charge is 0.486 e. The number of rotatable bonds is 6. The Kier molecular flexibility index (Phi) is 5.90. The topological polar surface area (TPSA) is 142 Å². The lowest BCUT2D eigenvalue weighted by Gasteiger charge is -2.31. The van der Waals surface area contributed by atoms with Crippen molar-refractivity contribution >= 4 is 23.5 Å². The van der Waals surface area contributed by atoms with Crippen LogP contribution in [0.25, 0.3) is 0 Å². The molecular formula is C18H25N7O3. The lowest BCUT2D eigenvalue weighted by atomic mass is 9.90. The van der Waals surface area contributed by atoms with Gasteiger partial charge in [0, 0.05) is 39.1 Å². The molecule has 0 bridgehead atoms. The molecule has 5 N–H and O–H groups in total. The van der Waals surface area contributed by atoms with Gasteiger partial charge in [-0.1, -0.05) is 6.07 Å². The summed E-state index contributed by atoms with van der Waals surface area (Å²) in [5.74, 6) is 1.32. The van der Waals surface area contributed by atoms with E-state index in [4.69, 9.17) is 20.9 Å². The van der Waals surface area contributed by atoms with Gasteiger partial charge in [-0.05, 0) is 25.0 Å². The van der Waals surface area contributed by atoms with Crippen molar-refractivity contribution in [2.24, 2.45) is 5.73 Å². The number of nitrogens with two attached hydrogens (primary N) is 2. The van der Waals surface area contributed by atoms with Crippen LogP contribution >= 0.6 is 0 Å². The molecule has 2 heterocycles. The zero-order chi connectivity index (χ0) is 20.1. The molecule has 1 aliphatic heterocycles. The standard InChI is InChI=1S/C18H25N7O3/c1-25(2)17-23-14(22-16(19)24-17)11-28-13-5-3-4-12(10-13)21-15(26)18(20)6-8-27-9-7-18/h3-5,10H,6-9,11,20H2,1-2H3,(H,21,26)(H2,19,22,23,24). The first-order valence-electron chi connectivity index (χ1n) is 8.94. The molecule has 28 heavy (non-hydrogen) atoms. The van der Waals surface area contributed by atoms with E-state index in [1.807, 2.05) is 14.1 Å². The highest BCUT2D eigenvalue weighted by Gasteiger charge is 2.35. The molecule has 0 unspecified atom stereocenters. The molecule has 1 aliphatic rings. The molecule has 1 saturated heterocycles. The molecule has 150 valence electrons. The normalized spacial score (nSPS) is 15.7. The molecule has 0 aliphatic carbocycles. The Morgan fingerprint density at radius 1 is 1.29 bits per heavy atom. The molecule has 0 atom stereocenters. The maximum absolute atomic E-state index is 12.5. The van der Waals surface area contributed by atoms with Gasteiger partial charge in [0.15, 0.2) is 5.82 Å². The zero-order valence-electron chi connectivity index (χ0n) is 16.0. The van der Waals surface area contributed by atoms with E-state index < -0.39 is 5.54 Å². The van der Waals surface area contributed by atoms with E-state index in [2.05, 4.69) is 20.3 Å². The highest BCUT2D eigenvalue weighted by molar-refractivity contribution is 5.98. The highest BCUT2D eigenvalue weighted by Crippen LogP contribution is 2.23. The number of nitrogens with zero attached hydrogens (tertiary/aromatic N) is 4. The van der Waals surface area contributed by atoms with Gasteiger partial charge in [0.2, 0.25) is 17.8 Å². The van der Waals surface area contributed by atoms with Crippen LogP contribution in [-0.4, -0.2) is 53.7 Å². The van der Waals surface area contributed by atoms with Gasteiger partial charge in [-0.15, -0.1) is 0 Å². The van der Waals surface area contributed by atoms with Crippen molar-refractivity contribution in [3.63, 3.8) is 0 Å². The first-order chi connectivity index (χ1) is 13.4. The smallest absolute Gasteiger partial charge is 0.244 e. The average molecular weight is 387 g/mol. The fourth-order valence-corrected chi connectivity index (χ4v) is 2.72. The number of carbonyl (C=O) groups excluding carboxylic acids is 1. The number of amides is 1. The number of anilines is 3. The molecule has 10 heteroatoms. The number of benzene rings is 1. The number of hydrogen-bond acceptors (Lipinski definition) is 9. The lowest BCUT2D eigenvalue weighted by Crippen LogP contribution is -2.54. The van der Waals surface area contributed by atoms with Crippen molar-refractivity contribution in [3.8, 4) is 5.75 Å². The predicted octanol–water partition coefficient (Wildman–Crippen LogP) is 0.545. The van der Waals surface area contributed by atoms with E-state index in [0.717, 1.165) is 0 Å². The summed E-state index contributed by atoms with van der Waals surface area (Å²) in [7, 11) is 3.63. The quantitative estimate of drug-likeness (QED) is 0.647. The van der Waals surface area contributed by atoms with Crippen molar-refractivity contribution in [2.75, 3.05) is 43.3 Å². The number of hydrogen-bond donors (Lipinski definition) is 3. The summed E-state index contributed by atoms with van der Waals surface area (Å²) in [6.07, 6.45) is 0.980. The van der Waals surface area contributed by atoms with Gasteiger partial charge in [-0.25, -0.2) is 0 Å². The monoisotopic (exact) mass is 387 g/mol. The first kappa shape index (κ1) is 19.8. The van der Waals surface area contributed by atoms with Crippen molar-refractivity contribution < 1.29 is 14.3 Å². The van der Waals surface area contributed by atoms with Crippen LogP contribution in [0.5, 0.6) is 5.75 Å². The van der Waals surface area contributed by atoms with Crippen LogP contribution in [0.3, 0.4) is 0 Å². The number of carbonyl (C=O) groups is 1. The van der Waals surface area contributed by atoms with Gasteiger partial charge in [0.05, 0.1) is 0 Å². The second-order valence-corrected chi connectivity index (χ2v) is 6.84. The Bertz CT molecular complexity index is 838. The van der Waals surface area contributed by atoms with Crippen LogP contribution in [0, 0.1) is 0 Å². The summed E-state index contributed by atoms with van der Waals surface area (Å²) in [6, 6.07) is 7.06. The van der Waals surface area contributed by atoms with Crippen LogP contribution < -0.4 is 26.4 Å². The minimum atomic E-state index is -0.917. The van der Waals surface area contributed by atoms with Gasteiger partial charge in [-0.2, -0.15) is 15.0 Å². The minimum absolute atomic E-state index is 0.114. The third-order valence-electron chi connectivity index (χ3n) is 4.38. The van der Waals surface area contributed by atoms with Crippen molar-refractivity contribution in [3.05, 3.63) is 30.1 Å². The molecule has 3 rings (SSSR count). The lowest BCUT2D eigenvalue weighted by molar-refractivity contribution is -0.124. The van der Waals surface area contributed by atoms with Crippen LogP contribution in [0.1, 0.15) is 18.7 Å². The van der Waals surface area contributed by atoms with Crippen LogP contribution in [0.2, 0.25) is 0 Å². The molecule has 2 aromatic rings. The second kappa shape index (κ2) is 8.36. The fourth-order valence-electron chi connectivity index (χ4n) is 2.72. The van der Waals surface area contributed by atoms with Crippen LogP contribution in [-0.2, 0) is 16.1 Å². The third-order valence-corrected chi connectivity index (χ3v) is 4.38. The van der Waals surface area contributed by atoms with Crippen molar-refractivity contribution in [2.45, 2.75) is 25.0 Å². The zero-order valence-corrected chi connectivity index (χ0v) is 16.0. The summed E-state index contributed by atoms with van der Waals surface area (Å²) >= 11 is 0. The molecule has 0 saturated carbocycles. The maximum atomic E-state index is 12.5. The Balaban J connectivity index is 1.64. The SMILES string of the molecule is CN(C)c1nc(N)nc(COc2cccc(NC(=O)C3(N)CCOCC3)c2)n1. The van der Waals surface area contributed by atoms with E-state index in [-0.39, 0.29) is 18.5 Å². The fraction of sp³-hybridized carbons (Fsp3) is 0.444. The third kappa shape index (κ3) is 4.84. The summed E-state index contributed by atoms with van der Waals surface area (Å²) in [6.45, 7) is 1.08. The molecule has 1 aromatic carbocycles. The van der Waals surface area contributed by atoms with Gasteiger partial charge in [0.25, 0.3) is 0 Å². The Morgan fingerprint density at radius 3 is 2.75 bits per heavy atom. The predicted molar refractivity (Wildman–Crippen MR) is 105 cm³/mol. The molecule has 0 spiro atoms. The number of aromatic nitrogens is 3. The second-order valence-electron chi connectivity index (χ2n) is 6.84. The number of nitrogen functional groups attached to an aromatic ring is 1. The maximum Gasteiger partial charge on any atom is 0.244 e. The molecular weight excluding hydrogens is 362 g/mol. The minimum Gasteiger partial charge on any atom is -0.486 e. The average Bonchev–Trinajstić information content (AvgIpc) is 2.67. The molecule has 1 aromatic heterocycles. The molecule has 0 radical (unpaired) electrons. The van der Waals surface area contributed by atoms with E-state index in [9.17, 15) is 4.79 Å². The van der Waals surface area contributed by atoms with Crippen LogP contribution in [0.4, 0.5) is 17.6 Å². The van der Waals surface area contributed by atoms with Gasteiger partial charge in [-0.3, -0.25) is 4.79 Å². The summed E-state index contributed by atoms with van der Waals surface area (Å²) < 4.78 is 11.0. The Hall–Kier alpha value is -2.98. The molecule has 1 amide bonds. The summed E-state index contributed by atoms with van der Waals surface area (Å²) in [4.78, 5) is 26.7. The van der Waals surface area contributed by atoms with Crippen LogP contribution in [0.15, 0.2) is 24.3 Å². The number of nitrogens with one attached hydrogen (secondary N) is 1. The van der Waals surface area contributed by atoms with E-state index in [0.29, 0.717) is 49.3 Å². The Morgan fingerprint density at radius 2 is 2.04 bits per heavy atom. The van der Waals surface area contributed by atoms with E-state index in [1.165, 1.54) is 0 Å². The highest BCUT2D eigenvalue weighted by atomic mass is 16.5. The van der Waals surface area contributed by atoms with E-state index >= 15 is 0 Å². The summed E-state index contributed by atoms with van der Waals surface area (Å²) in [5, 5.41) is 2.86. The van der Waals surface area contributed by atoms with Gasteiger partial charge in [0.1, 0.15) is 17.9 Å². The molecule has 10 nitrogen and oxygen atoms in total. The van der Waals surface area contributed by atoms with Gasteiger partial charge < -0.3 is 31.2 Å². The van der Waals surface area contributed by atoms with Crippen molar-refractivity contribution in [1.29, 1.82) is 0 Å². The first-order valence-corrected chi connectivity index (χ1v) is 8.94. The van der Waals surface area contributed by atoms with Crippen molar-refractivity contribution in [1.82, 2.24) is 15.0 Å². The number of ether oxygens (including phenoxy) is 2. The van der Waals surface area contributed by atoms with E-state index in [1.54, 1.807) is 29.2 Å². The molecule has 1 fully saturated rings. The summed E-state index contributed by atoms with van der Waals surface area (Å²) in [5.41, 5.74) is 11.6. The van der Waals surface area contributed by atoms with Gasteiger partial charge >= 0.3 is 0 Å².